The van der Waals surface area contributed by atoms with Crippen LogP contribution in [0, 0.1) is 16.7 Å². The summed E-state index contributed by atoms with van der Waals surface area (Å²) in [6.45, 7) is 12.6. The lowest BCUT2D eigenvalue weighted by atomic mass is 9.63. The summed E-state index contributed by atoms with van der Waals surface area (Å²) in [6, 6.07) is 0. The quantitative estimate of drug-likeness (QED) is 0.551. The highest BCUT2D eigenvalue weighted by atomic mass is 16.6. The Bertz CT molecular complexity index is 358. The van der Waals surface area contributed by atoms with Crippen LogP contribution in [0.1, 0.15) is 53.4 Å². The largest absolute Gasteiger partial charge is 0.455 e. The van der Waals surface area contributed by atoms with Gasteiger partial charge in [-0.1, -0.05) is 34.3 Å². The van der Waals surface area contributed by atoms with E-state index in [0.717, 1.165) is 12.8 Å². The molecule has 0 spiro atoms. The van der Waals surface area contributed by atoms with E-state index in [1.165, 1.54) is 18.9 Å². The van der Waals surface area contributed by atoms with Crippen molar-refractivity contribution in [2.24, 2.45) is 16.7 Å². The molecule has 3 atom stereocenters. The average Bonchev–Trinajstić information content (AvgIpc) is 2.60. The third-order valence-electron chi connectivity index (χ3n) is 6.05. The molecule has 2 fully saturated rings. The van der Waals surface area contributed by atoms with Crippen molar-refractivity contribution in [3.8, 4) is 0 Å². The summed E-state index contributed by atoms with van der Waals surface area (Å²) in [7, 11) is 0. The molecule has 0 heterocycles. The van der Waals surface area contributed by atoms with Gasteiger partial charge in [-0.3, -0.25) is 0 Å². The Kier molecular flexibility index (Phi) is 2.68. The fourth-order valence-corrected chi connectivity index (χ4v) is 4.39. The van der Waals surface area contributed by atoms with Gasteiger partial charge in [0.15, 0.2) is 0 Å². The molecule has 0 aromatic carbocycles. The predicted molar refractivity (Wildman–Crippen MR) is 68.5 cm³/mol. The summed E-state index contributed by atoms with van der Waals surface area (Å²) in [5.74, 6) is 0.418. The van der Waals surface area contributed by atoms with Crippen molar-refractivity contribution in [2.75, 3.05) is 0 Å². The maximum Gasteiger partial charge on any atom is 0.330 e. The van der Waals surface area contributed by atoms with Crippen molar-refractivity contribution in [1.82, 2.24) is 0 Å². The normalized spacial score (nSPS) is 42.5. The Morgan fingerprint density at radius 3 is 2.47 bits per heavy atom. The molecule has 17 heavy (non-hydrogen) atoms. The number of carbonyl (C=O) groups is 1. The number of carbonyl (C=O) groups excluding carboxylic acids is 1. The van der Waals surface area contributed by atoms with Gasteiger partial charge in [-0.15, -0.1) is 0 Å². The zero-order chi connectivity index (χ0) is 12.9. The first-order valence-corrected chi connectivity index (χ1v) is 6.68. The molecule has 2 saturated carbocycles. The number of hydrogen-bond acceptors (Lipinski definition) is 2. The molecule has 0 N–H and O–H groups in total. The molecule has 0 amide bonds. The van der Waals surface area contributed by atoms with Crippen molar-refractivity contribution in [3.63, 3.8) is 0 Å². The topological polar surface area (TPSA) is 26.3 Å². The van der Waals surface area contributed by atoms with Gasteiger partial charge < -0.3 is 4.74 Å². The Morgan fingerprint density at radius 1 is 1.47 bits per heavy atom. The molecule has 2 nitrogen and oxygen atoms in total. The van der Waals surface area contributed by atoms with Crippen molar-refractivity contribution >= 4 is 5.97 Å². The van der Waals surface area contributed by atoms with Gasteiger partial charge >= 0.3 is 5.97 Å². The lowest BCUT2D eigenvalue weighted by Crippen LogP contribution is -2.49. The second-order valence-electron chi connectivity index (χ2n) is 6.47. The smallest absolute Gasteiger partial charge is 0.330 e. The van der Waals surface area contributed by atoms with Crippen LogP contribution < -0.4 is 0 Å². The summed E-state index contributed by atoms with van der Waals surface area (Å²) < 4.78 is 5.81. The number of hydrogen-bond donors (Lipinski definition) is 0. The van der Waals surface area contributed by atoms with Gasteiger partial charge in [0.25, 0.3) is 0 Å². The standard InChI is InChI=1S/C15H24O2/c1-6-12(16)17-15(7-2)10-11-8-9-14(15,5)13(11,3)4/h6,11H,1,7-10H2,2-5H3. The summed E-state index contributed by atoms with van der Waals surface area (Å²) in [5, 5.41) is 0. The Labute approximate surface area is 104 Å². The molecule has 2 aliphatic carbocycles. The van der Waals surface area contributed by atoms with Crippen molar-refractivity contribution in [3.05, 3.63) is 12.7 Å². The molecule has 96 valence electrons. The number of fused-ring (bicyclic) bond motifs is 2. The predicted octanol–water partition coefficient (Wildman–Crippen LogP) is 3.71. The second-order valence-corrected chi connectivity index (χ2v) is 6.47. The van der Waals surface area contributed by atoms with E-state index in [1.54, 1.807) is 0 Å². The van der Waals surface area contributed by atoms with Crippen LogP contribution in [0.15, 0.2) is 12.7 Å². The van der Waals surface area contributed by atoms with Crippen LogP contribution in [0.2, 0.25) is 0 Å². The molecule has 2 rings (SSSR count). The fraction of sp³-hybridized carbons (Fsp3) is 0.800. The van der Waals surface area contributed by atoms with E-state index in [1.807, 2.05) is 0 Å². The highest BCUT2D eigenvalue weighted by Gasteiger charge is 2.69. The van der Waals surface area contributed by atoms with Crippen LogP contribution in [-0.4, -0.2) is 11.6 Å². The molecule has 3 unspecified atom stereocenters. The molecule has 2 aliphatic rings. The minimum absolute atomic E-state index is 0.109. The summed E-state index contributed by atoms with van der Waals surface area (Å²) in [6.07, 6.45) is 5.66. The number of esters is 1. The van der Waals surface area contributed by atoms with Gasteiger partial charge in [0.05, 0.1) is 0 Å². The molecule has 0 aliphatic heterocycles. The summed E-state index contributed by atoms with van der Waals surface area (Å²) >= 11 is 0. The van der Waals surface area contributed by atoms with E-state index < -0.39 is 0 Å². The molecular formula is C15H24O2. The SMILES string of the molecule is C=CC(=O)OC1(CC)CC2CCC1(C)C2(C)C. The van der Waals surface area contributed by atoms with Crippen molar-refractivity contribution < 1.29 is 9.53 Å². The molecule has 0 radical (unpaired) electrons. The maximum absolute atomic E-state index is 11.6. The summed E-state index contributed by atoms with van der Waals surface area (Å²) in [5.41, 5.74) is 0.104. The van der Waals surface area contributed by atoms with Gasteiger partial charge in [-0.05, 0) is 37.0 Å². The van der Waals surface area contributed by atoms with Crippen LogP contribution >= 0.6 is 0 Å². The minimum atomic E-state index is -0.273. The van der Waals surface area contributed by atoms with E-state index in [2.05, 4.69) is 34.3 Å². The molecule has 0 aromatic heterocycles. The third kappa shape index (κ3) is 1.36. The van der Waals surface area contributed by atoms with Crippen LogP contribution in [0.5, 0.6) is 0 Å². The molecule has 0 saturated heterocycles. The van der Waals surface area contributed by atoms with Gasteiger partial charge in [0.2, 0.25) is 0 Å². The Hall–Kier alpha value is -0.790. The van der Waals surface area contributed by atoms with Crippen LogP contribution in [-0.2, 0) is 9.53 Å². The van der Waals surface area contributed by atoms with Gasteiger partial charge in [0, 0.05) is 11.5 Å². The molecule has 2 heteroatoms. The van der Waals surface area contributed by atoms with E-state index in [4.69, 9.17) is 4.74 Å². The first-order valence-electron chi connectivity index (χ1n) is 6.68. The van der Waals surface area contributed by atoms with E-state index in [9.17, 15) is 4.79 Å². The first kappa shape index (κ1) is 12.7. The van der Waals surface area contributed by atoms with E-state index >= 15 is 0 Å². The fourth-order valence-electron chi connectivity index (χ4n) is 4.39. The second kappa shape index (κ2) is 3.60. The third-order valence-corrected chi connectivity index (χ3v) is 6.05. The lowest BCUT2D eigenvalue weighted by Gasteiger charge is -2.47. The number of ether oxygens (including phenoxy) is 1. The van der Waals surface area contributed by atoms with Crippen molar-refractivity contribution in [1.29, 1.82) is 0 Å². The molecule has 0 aromatic rings. The van der Waals surface area contributed by atoms with Crippen LogP contribution in [0.3, 0.4) is 0 Å². The first-order chi connectivity index (χ1) is 7.83. The average molecular weight is 236 g/mol. The monoisotopic (exact) mass is 236 g/mol. The van der Waals surface area contributed by atoms with E-state index in [0.29, 0.717) is 5.92 Å². The highest BCUT2D eigenvalue weighted by molar-refractivity contribution is 5.81. The molecular weight excluding hydrogens is 212 g/mol. The Balaban J connectivity index is 2.38. The molecule has 2 bridgehead atoms. The maximum atomic E-state index is 11.6. The van der Waals surface area contributed by atoms with Gasteiger partial charge in [-0.2, -0.15) is 0 Å². The van der Waals surface area contributed by atoms with Gasteiger partial charge in [-0.25, -0.2) is 4.79 Å². The lowest BCUT2D eigenvalue weighted by molar-refractivity contribution is -0.174. The zero-order valence-electron chi connectivity index (χ0n) is 11.5. The van der Waals surface area contributed by atoms with E-state index in [-0.39, 0.29) is 22.4 Å². The zero-order valence-corrected chi connectivity index (χ0v) is 11.5. The van der Waals surface area contributed by atoms with Gasteiger partial charge in [0.1, 0.15) is 5.60 Å². The summed E-state index contributed by atoms with van der Waals surface area (Å²) in [4.78, 5) is 11.6. The van der Waals surface area contributed by atoms with Crippen LogP contribution in [0.4, 0.5) is 0 Å². The highest BCUT2D eigenvalue weighted by Crippen LogP contribution is 2.71. The number of rotatable bonds is 3. The Morgan fingerprint density at radius 2 is 2.12 bits per heavy atom. The minimum Gasteiger partial charge on any atom is -0.455 e. The van der Waals surface area contributed by atoms with Crippen molar-refractivity contribution in [2.45, 2.75) is 59.0 Å². The van der Waals surface area contributed by atoms with Crippen LogP contribution in [0.25, 0.3) is 0 Å².